The van der Waals surface area contributed by atoms with Gasteiger partial charge in [-0.15, -0.1) is 11.3 Å². The molecule has 1 saturated carbocycles. The van der Waals surface area contributed by atoms with E-state index >= 15 is 0 Å². The second kappa shape index (κ2) is 7.06. The van der Waals surface area contributed by atoms with Gasteiger partial charge in [0, 0.05) is 30.1 Å². The Kier molecular flexibility index (Phi) is 5.65. The molecule has 2 nitrogen and oxygen atoms in total. The first-order valence-electron chi connectivity index (χ1n) is 7.99. The second-order valence-corrected chi connectivity index (χ2v) is 8.02. The number of hydrogen-bond donors (Lipinski definition) is 1. The van der Waals surface area contributed by atoms with Crippen molar-refractivity contribution >= 4 is 11.3 Å². The summed E-state index contributed by atoms with van der Waals surface area (Å²) in [5.41, 5.74) is 6.46. The third-order valence-corrected chi connectivity index (χ3v) is 5.71. The van der Waals surface area contributed by atoms with Crippen molar-refractivity contribution in [1.29, 1.82) is 0 Å². The van der Waals surface area contributed by atoms with Crippen LogP contribution in [0.1, 0.15) is 45.4 Å². The van der Waals surface area contributed by atoms with Gasteiger partial charge < -0.3 is 5.73 Å². The molecule has 1 heterocycles. The van der Waals surface area contributed by atoms with E-state index in [0.717, 1.165) is 24.9 Å². The third-order valence-electron chi connectivity index (χ3n) is 4.84. The minimum absolute atomic E-state index is 0.373. The van der Waals surface area contributed by atoms with E-state index in [9.17, 15) is 0 Å². The first-order valence-corrected chi connectivity index (χ1v) is 8.87. The van der Waals surface area contributed by atoms with E-state index in [2.05, 4.69) is 50.1 Å². The lowest BCUT2D eigenvalue weighted by molar-refractivity contribution is 0.0971. The summed E-state index contributed by atoms with van der Waals surface area (Å²) in [6, 6.07) is 5.34. The summed E-state index contributed by atoms with van der Waals surface area (Å²) in [7, 11) is 0. The molecule has 1 aliphatic carbocycles. The maximum Gasteiger partial charge on any atom is 0.0330 e. The summed E-state index contributed by atoms with van der Waals surface area (Å²) in [6.45, 7) is 11.6. The molecule has 1 aromatic rings. The van der Waals surface area contributed by atoms with Gasteiger partial charge in [-0.3, -0.25) is 4.90 Å². The van der Waals surface area contributed by atoms with Crippen molar-refractivity contribution in [1.82, 2.24) is 4.90 Å². The van der Waals surface area contributed by atoms with Crippen LogP contribution in [-0.4, -0.2) is 23.5 Å². The molecule has 4 unspecified atom stereocenters. The van der Waals surface area contributed by atoms with Crippen LogP contribution < -0.4 is 5.73 Å². The Balaban J connectivity index is 2.00. The molecule has 0 bridgehead atoms. The third kappa shape index (κ3) is 4.06. The Hall–Kier alpha value is -0.380. The zero-order valence-electron chi connectivity index (χ0n) is 13.4. The molecular weight excluding hydrogens is 264 g/mol. The van der Waals surface area contributed by atoms with E-state index in [0.29, 0.717) is 18.0 Å². The highest BCUT2D eigenvalue weighted by atomic mass is 32.1. The predicted octanol–water partition coefficient (Wildman–Crippen LogP) is 3.97. The fourth-order valence-corrected chi connectivity index (χ4v) is 4.34. The molecule has 3 heteroatoms. The molecule has 2 N–H and O–H groups in total. The van der Waals surface area contributed by atoms with Crippen molar-refractivity contribution in [2.75, 3.05) is 6.54 Å². The van der Waals surface area contributed by atoms with Gasteiger partial charge >= 0.3 is 0 Å². The zero-order valence-corrected chi connectivity index (χ0v) is 14.2. The van der Waals surface area contributed by atoms with Crippen molar-refractivity contribution in [2.24, 2.45) is 23.5 Å². The molecule has 0 spiro atoms. The van der Waals surface area contributed by atoms with Crippen LogP contribution in [0, 0.1) is 17.8 Å². The van der Waals surface area contributed by atoms with Gasteiger partial charge in [-0.25, -0.2) is 0 Å². The molecule has 114 valence electrons. The number of thiophene rings is 1. The van der Waals surface area contributed by atoms with Crippen LogP contribution in [0.25, 0.3) is 0 Å². The summed E-state index contributed by atoms with van der Waals surface area (Å²) in [4.78, 5) is 4.06. The van der Waals surface area contributed by atoms with Gasteiger partial charge in [0.25, 0.3) is 0 Å². The minimum Gasteiger partial charge on any atom is -0.327 e. The Morgan fingerprint density at radius 3 is 2.65 bits per heavy atom. The monoisotopic (exact) mass is 294 g/mol. The highest BCUT2D eigenvalue weighted by Gasteiger charge is 2.33. The van der Waals surface area contributed by atoms with Crippen molar-refractivity contribution in [2.45, 2.75) is 59.2 Å². The van der Waals surface area contributed by atoms with Gasteiger partial charge in [0.1, 0.15) is 0 Å². The fraction of sp³-hybridized carbons (Fsp3) is 0.765. The van der Waals surface area contributed by atoms with E-state index in [4.69, 9.17) is 5.73 Å². The van der Waals surface area contributed by atoms with Gasteiger partial charge in [0.15, 0.2) is 0 Å². The van der Waals surface area contributed by atoms with Crippen molar-refractivity contribution in [3.05, 3.63) is 22.4 Å². The smallest absolute Gasteiger partial charge is 0.0330 e. The standard InChI is InChI=1S/C17H30N2S/c1-12(2)19(10-15-6-5-7-20-15)11-16-14(4)8-13(3)9-17(16)18/h5-7,12-14,16-17H,8-11,18H2,1-4H3. The maximum absolute atomic E-state index is 6.46. The van der Waals surface area contributed by atoms with Crippen LogP contribution >= 0.6 is 11.3 Å². The maximum atomic E-state index is 6.46. The number of nitrogens with zero attached hydrogens (tertiary/aromatic N) is 1. The van der Waals surface area contributed by atoms with Crippen LogP contribution in [0.15, 0.2) is 17.5 Å². The highest BCUT2D eigenvalue weighted by molar-refractivity contribution is 7.09. The molecule has 0 saturated heterocycles. The van der Waals surface area contributed by atoms with E-state index in [1.54, 1.807) is 0 Å². The number of hydrogen-bond acceptors (Lipinski definition) is 3. The summed E-state index contributed by atoms with van der Waals surface area (Å²) in [6.07, 6.45) is 2.53. The lowest BCUT2D eigenvalue weighted by Crippen LogP contribution is -2.47. The Morgan fingerprint density at radius 1 is 1.35 bits per heavy atom. The van der Waals surface area contributed by atoms with E-state index in [-0.39, 0.29) is 0 Å². The molecule has 20 heavy (non-hydrogen) atoms. The first-order chi connectivity index (χ1) is 9.47. The molecule has 0 aliphatic heterocycles. The van der Waals surface area contributed by atoms with Crippen LogP contribution in [0.2, 0.25) is 0 Å². The molecule has 0 aromatic carbocycles. The largest absolute Gasteiger partial charge is 0.327 e. The van der Waals surface area contributed by atoms with E-state index in [1.165, 1.54) is 17.7 Å². The molecular formula is C17H30N2S. The number of rotatable bonds is 5. The normalized spacial score (nSPS) is 31.1. The van der Waals surface area contributed by atoms with Crippen molar-refractivity contribution in [3.8, 4) is 0 Å². The minimum atomic E-state index is 0.373. The van der Waals surface area contributed by atoms with Crippen LogP contribution in [-0.2, 0) is 6.54 Å². The molecule has 1 aromatic heterocycles. The molecule has 2 rings (SSSR count). The first kappa shape index (κ1) is 16.0. The second-order valence-electron chi connectivity index (χ2n) is 6.98. The topological polar surface area (TPSA) is 29.3 Å². The summed E-state index contributed by atoms with van der Waals surface area (Å²) >= 11 is 1.86. The lowest BCUT2D eigenvalue weighted by atomic mass is 9.72. The average molecular weight is 295 g/mol. The van der Waals surface area contributed by atoms with E-state index < -0.39 is 0 Å². The lowest BCUT2D eigenvalue weighted by Gasteiger charge is -2.41. The SMILES string of the molecule is CC1CC(C)C(CN(Cc2cccs2)C(C)C)C(N)C1. The van der Waals surface area contributed by atoms with Crippen molar-refractivity contribution < 1.29 is 0 Å². The van der Waals surface area contributed by atoms with Crippen LogP contribution in [0.4, 0.5) is 0 Å². The molecule has 1 fully saturated rings. The average Bonchev–Trinajstić information content (AvgIpc) is 2.84. The van der Waals surface area contributed by atoms with E-state index in [1.807, 2.05) is 11.3 Å². The summed E-state index contributed by atoms with van der Waals surface area (Å²) in [5.74, 6) is 2.19. The van der Waals surface area contributed by atoms with Gasteiger partial charge in [0.05, 0.1) is 0 Å². The zero-order chi connectivity index (χ0) is 14.7. The summed E-state index contributed by atoms with van der Waals surface area (Å²) in [5, 5.41) is 2.17. The molecule has 4 atom stereocenters. The quantitative estimate of drug-likeness (QED) is 0.890. The molecule has 1 aliphatic rings. The Bertz CT molecular complexity index is 376. The van der Waals surface area contributed by atoms with Crippen LogP contribution in [0.5, 0.6) is 0 Å². The fourth-order valence-electron chi connectivity index (χ4n) is 3.61. The van der Waals surface area contributed by atoms with Gasteiger partial charge in [-0.2, -0.15) is 0 Å². The van der Waals surface area contributed by atoms with Gasteiger partial charge in [0.2, 0.25) is 0 Å². The molecule has 0 amide bonds. The van der Waals surface area contributed by atoms with Gasteiger partial charge in [-0.1, -0.05) is 19.9 Å². The predicted molar refractivity (Wildman–Crippen MR) is 88.9 cm³/mol. The van der Waals surface area contributed by atoms with Gasteiger partial charge in [-0.05, 0) is 55.9 Å². The Labute approximate surface area is 128 Å². The van der Waals surface area contributed by atoms with Crippen molar-refractivity contribution in [3.63, 3.8) is 0 Å². The van der Waals surface area contributed by atoms with Crippen LogP contribution in [0.3, 0.4) is 0 Å². The Morgan fingerprint density at radius 2 is 2.10 bits per heavy atom. The molecule has 0 radical (unpaired) electrons. The highest BCUT2D eigenvalue weighted by Crippen LogP contribution is 2.34. The summed E-state index contributed by atoms with van der Waals surface area (Å²) < 4.78 is 0. The number of nitrogens with two attached hydrogens (primary N) is 1.